The summed E-state index contributed by atoms with van der Waals surface area (Å²) in [7, 11) is 0. The van der Waals surface area contributed by atoms with Crippen molar-refractivity contribution in [2.24, 2.45) is 5.92 Å². The number of aromatic nitrogens is 5. The molecule has 1 fully saturated rings. The molecule has 0 spiro atoms. The second kappa shape index (κ2) is 4.59. The lowest BCUT2D eigenvalue weighted by Crippen LogP contribution is -2.42. The summed E-state index contributed by atoms with van der Waals surface area (Å²) in [6.07, 6.45) is 2.06. The van der Waals surface area contributed by atoms with Crippen LogP contribution < -0.4 is 0 Å². The van der Waals surface area contributed by atoms with Gasteiger partial charge in [0.25, 0.3) is 0 Å². The fourth-order valence-corrected chi connectivity index (χ4v) is 3.46. The molecule has 3 heterocycles. The van der Waals surface area contributed by atoms with E-state index in [0.29, 0.717) is 6.54 Å². The number of aryl methyl sites for hydroxylation is 1. The fraction of sp³-hybridized carbons (Fsp3) is 0.615. The molecule has 0 N–H and O–H groups in total. The Kier molecular flexibility index (Phi) is 2.81. The second-order valence-corrected chi connectivity index (χ2v) is 6.41. The van der Waals surface area contributed by atoms with Gasteiger partial charge in [0, 0.05) is 19.0 Å². The highest BCUT2D eigenvalue weighted by molar-refractivity contribution is 7.09. The first-order valence-electron chi connectivity index (χ1n) is 7.19. The molecule has 0 aromatic carbocycles. The molecule has 0 radical (unpaired) electrons. The lowest BCUT2D eigenvalue weighted by molar-refractivity contribution is -0.135. The molecule has 8 heteroatoms. The second-order valence-electron chi connectivity index (χ2n) is 5.66. The Hall–Kier alpha value is -1.83. The van der Waals surface area contributed by atoms with Gasteiger partial charge in [0.05, 0.1) is 6.04 Å². The van der Waals surface area contributed by atoms with Crippen LogP contribution in [0.5, 0.6) is 0 Å². The van der Waals surface area contributed by atoms with E-state index in [-0.39, 0.29) is 17.9 Å². The summed E-state index contributed by atoms with van der Waals surface area (Å²) in [4.78, 5) is 18.6. The highest BCUT2D eigenvalue weighted by Gasteiger charge is 2.39. The van der Waals surface area contributed by atoms with Gasteiger partial charge in [-0.2, -0.15) is 4.37 Å². The van der Waals surface area contributed by atoms with Crippen molar-refractivity contribution in [3.8, 4) is 10.8 Å². The minimum atomic E-state index is -0.0258. The van der Waals surface area contributed by atoms with Gasteiger partial charge in [0.2, 0.25) is 5.91 Å². The lowest BCUT2D eigenvalue weighted by Gasteiger charge is -2.33. The summed E-state index contributed by atoms with van der Waals surface area (Å²) in [6, 6.07) is -0.0258. The number of amides is 1. The van der Waals surface area contributed by atoms with Gasteiger partial charge in [-0.05, 0) is 38.2 Å². The van der Waals surface area contributed by atoms with E-state index in [1.807, 2.05) is 18.7 Å². The molecule has 2 aromatic heterocycles. The Morgan fingerprint density at radius 1 is 1.29 bits per heavy atom. The highest BCUT2D eigenvalue weighted by atomic mass is 32.1. The third-order valence-electron chi connectivity index (χ3n) is 4.11. The Morgan fingerprint density at radius 2 is 2.10 bits per heavy atom. The first-order chi connectivity index (χ1) is 10.1. The summed E-state index contributed by atoms with van der Waals surface area (Å²) in [5.41, 5.74) is 0. The van der Waals surface area contributed by atoms with E-state index in [1.165, 1.54) is 11.5 Å². The van der Waals surface area contributed by atoms with E-state index in [0.717, 1.165) is 41.9 Å². The first-order valence-corrected chi connectivity index (χ1v) is 7.96. The molecule has 0 bridgehead atoms. The SMILES string of the molecule is Cc1nsc(-c2nnc3n2CCN(C(=O)C2CC2)[C@@H]3C)n1. The highest BCUT2D eigenvalue weighted by Crippen LogP contribution is 2.36. The van der Waals surface area contributed by atoms with E-state index in [9.17, 15) is 4.79 Å². The molecule has 1 aliphatic carbocycles. The van der Waals surface area contributed by atoms with Crippen LogP contribution in [0.2, 0.25) is 0 Å². The summed E-state index contributed by atoms with van der Waals surface area (Å²) in [6.45, 7) is 5.33. The molecule has 0 saturated heterocycles. The van der Waals surface area contributed by atoms with E-state index in [2.05, 4.69) is 24.1 Å². The van der Waals surface area contributed by atoms with Crippen LogP contribution in [0.1, 0.15) is 37.5 Å². The molecular formula is C13H16N6OS. The maximum absolute atomic E-state index is 12.3. The third kappa shape index (κ3) is 2.05. The van der Waals surface area contributed by atoms with Crippen molar-refractivity contribution in [2.45, 2.75) is 39.3 Å². The minimum Gasteiger partial charge on any atom is -0.331 e. The number of carbonyl (C=O) groups is 1. The van der Waals surface area contributed by atoms with Crippen LogP contribution in [0.4, 0.5) is 0 Å². The molecule has 4 rings (SSSR count). The average Bonchev–Trinajstić information content (AvgIpc) is 3.09. The number of hydrogen-bond acceptors (Lipinski definition) is 6. The largest absolute Gasteiger partial charge is 0.331 e. The number of fused-ring (bicyclic) bond motifs is 1. The standard InChI is InChI=1S/C13H16N6OS/c1-7-10-15-16-11(12-14-8(2)17-21-12)19(10)6-5-18(7)13(20)9-3-4-9/h7,9H,3-6H2,1-2H3/t7-/m1/s1. The fourth-order valence-electron chi connectivity index (χ4n) is 2.80. The molecule has 1 saturated carbocycles. The molecule has 2 aromatic rings. The van der Waals surface area contributed by atoms with E-state index in [1.54, 1.807) is 0 Å². The monoisotopic (exact) mass is 304 g/mol. The van der Waals surface area contributed by atoms with Crippen molar-refractivity contribution in [2.75, 3.05) is 6.54 Å². The van der Waals surface area contributed by atoms with Gasteiger partial charge in [-0.25, -0.2) is 4.98 Å². The smallest absolute Gasteiger partial charge is 0.226 e. The maximum atomic E-state index is 12.3. The van der Waals surface area contributed by atoms with Crippen molar-refractivity contribution in [3.63, 3.8) is 0 Å². The Morgan fingerprint density at radius 3 is 2.76 bits per heavy atom. The Bertz CT molecular complexity index is 703. The summed E-state index contributed by atoms with van der Waals surface area (Å²) in [5, 5.41) is 9.35. The predicted octanol–water partition coefficient (Wildman–Crippen LogP) is 1.42. The summed E-state index contributed by atoms with van der Waals surface area (Å²) < 4.78 is 6.27. The van der Waals surface area contributed by atoms with Gasteiger partial charge in [-0.1, -0.05) is 0 Å². The molecule has 1 amide bonds. The number of hydrogen-bond donors (Lipinski definition) is 0. The van der Waals surface area contributed by atoms with Crippen LogP contribution in [-0.2, 0) is 11.3 Å². The Labute approximate surface area is 126 Å². The van der Waals surface area contributed by atoms with Gasteiger partial charge in [-0.3, -0.25) is 4.79 Å². The molecule has 1 atom stereocenters. The van der Waals surface area contributed by atoms with Crippen molar-refractivity contribution < 1.29 is 4.79 Å². The Balaban J connectivity index is 1.67. The zero-order valence-electron chi connectivity index (χ0n) is 12.0. The number of carbonyl (C=O) groups excluding carboxylic acids is 1. The predicted molar refractivity (Wildman–Crippen MR) is 76.5 cm³/mol. The quantitative estimate of drug-likeness (QED) is 0.838. The van der Waals surface area contributed by atoms with Crippen molar-refractivity contribution in [1.29, 1.82) is 0 Å². The van der Waals surface area contributed by atoms with Gasteiger partial charge >= 0.3 is 0 Å². The van der Waals surface area contributed by atoms with Gasteiger partial charge < -0.3 is 9.47 Å². The first kappa shape index (κ1) is 12.9. The van der Waals surface area contributed by atoms with Gasteiger partial charge in [-0.15, -0.1) is 10.2 Å². The summed E-state index contributed by atoms with van der Waals surface area (Å²) >= 11 is 1.34. The van der Waals surface area contributed by atoms with E-state index >= 15 is 0 Å². The molecular weight excluding hydrogens is 288 g/mol. The maximum Gasteiger partial charge on any atom is 0.226 e. The zero-order valence-corrected chi connectivity index (χ0v) is 12.8. The third-order valence-corrected chi connectivity index (χ3v) is 4.92. The lowest BCUT2D eigenvalue weighted by atomic mass is 10.2. The molecule has 7 nitrogen and oxygen atoms in total. The summed E-state index contributed by atoms with van der Waals surface area (Å²) in [5.74, 6) is 2.87. The van der Waals surface area contributed by atoms with Crippen LogP contribution in [0.25, 0.3) is 10.8 Å². The van der Waals surface area contributed by atoms with Crippen LogP contribution in [0.15, 0.2) is 0 Å². The minimum absolute atomic E-state index is 0.0258. The van der Waals surface area contributed by atoms with Crippen LogP contribution in [-0.4, -0.2) is 41.5 Å². The molecule has 110 valence electrons. The van der Waals surface area contributed by atoms with E-state index < -0.39 is 0 Å². The van der Waals surface area contributed by atoms with E-state index in [4.69, 9.17) is 0 Å². The van der Waals surface area contributed by atoms with Crippen LogP contribution >= 0.6 is 11.5 Å². The molecule has 21 heavy (non-hydrogen) atoms. The van der Waals surface area contributed by atoms with Crippen molar-refractivity contribution >= 4 is 17.4 Å². The van der Waals surface area contributed by atoms with Gasteiger partial charge in [0.1, 0.15) is 5.82 Å². The van der Waals surface area contributed by atoms with Crippen molar-refractivity contribution in [1.82, 2.24) is 29.0 Å². The normalized spacial score (nSPS) is 21.4. The van der Waals surface area contributed by atoms with Crippen molar-refractivity contribution in [3.05, 3.63) is 11.6 Å². The number of nitrogens with zero attached hydrogens (tertiary/aromatic N) is 6. The van der Waals surface area contributed by atoms with Gasteiger partial charge in [0.15, 0.2) is 16.7 Å². The van der Waals surface area contributed by atoms with Crippen LogP contribution in [0, 0.1) is 12.8 Å². The molecule has 2 aliphatic rings. The molecule has 0 unspecified atom stereocenters. The topological polar surface area (TPSA) is 76.8 Å². The number of rotatable bonds is 2. The zero-order chi connectivity index (χ0) is 14.6. The molecule has 1 aliphatic heterocycles. The average molecular weight is 304 g/mol. The van der Waals surface area contributed by atoms with Crippen LogP contribution in [0.3, 0.4) is 0 Å².